The van der Waals surface area contributed by atoms with Crippen LogP contribution in [0.5, 0.6) is 0 Å². The molecule has 0 atom stereocenters. The first kappa shape index (κ1) is 15.9. The molecule has 1 fully saturated rings. The van der Waals surface area contributed by atoms with E-state index in [9.17, 15) is 10.1 Å². The summed E-state index contributed by atoms with van der Waals surface area (Å²) >= 11 is 2.00. The maximum atomic E-state index is 12.0. The van der Waals surface area contributed by atoms with E-state index in [-0.39, 0.29) is 11.1 Å². The molecule has 0 saturated carbocycles. The van der Waals surface area contributed by atoms with Crippen LogP contribution in [0.1, 0.15) is 16.8 Å². The molecule has 2 aromatic rings. The minimum absolute atomic E-state index is 0.183. The molecule has 2 heterocycles. The topological polar surface area (TPSA) is 59.9 Å². The molecule has 118 valence electrons. The summed E-state index contributed by atoms with van der Waals surface area (Å²) in [5, 5.41) is 9.30. The fourth-order valence-corrected chi connectivity index (χ4v) is 3.86. The normalized spacial score (nSPS) is 15.3. The molecule has 0 bridgehead atoms. The molecular weight excluding hydrogens is 306 g/mol. The highest BCUT2D eigenvalue weighted by atomic mass is 32.2. The zero-order valence-corrected chi connectivity index (χ0v) is 13.9. The number of aryl methyl sites for hydroxylation is 1. The molecule has 5 heteroatoms. The molecular formula is C18H19N3OS. The monoisotopic (exact) mass is 325 g/mol. The van der Waals surface area contributed by atoms with E-state index in [0.717, 1.165) is 30.9 Å². The first-order chi connectivity index (χ1) is 11.2. The number of nitriles is 1. The maximum Gasteiger partial charge on any atom is 0.266 e. The van der Waals surface area contributed by atoms with Gasteiger partial charge in [0.05, 0.1) is 0 Å². The van der Waals surface area contributed by atoms with Gasteiger partial charge in [0.2, 0.25) is 0 Å². The molecule has 0 radical (unpaired) electrons. The lowest BCUT2D eigenvalue weighted by atomic mass is 9.99. The smallest absolute Gasteiger partial charge is 0.266 e. The summed E-state index contributed by atoms with van der Waals surface area (Å²) in [4.78, 5) is 17.1. The van der Waals surface area contributed by atoms with Crippen molar-refractivity contribution in [1.82, 2.24) is 9.88 Å². The van der Waals surface area contributed by atoms with E-state index >= 15 is 0 Å². The number of pyridine rings is 1. The molecule has 0 unspecified atom stereocenters. The quantitative estimate of drug-likeness (QED) is 0.943. The fraction of sp³-hybridized carbons (Fsp3) is 0.333. The van der Waals surface area contributed by atoms with Crippen LogP contribution in [0, 0.1) is 18.3 Å². The average molecular weight is 325 g/mol. The second-order valence-corrected chi connectivity index (χ2v) is 7.00. The Morgan fingerprint density at radius 2 is 2.09 bits per heavy atom. The highest BCUT2D eigenvalue weighted by molar-refractivity contribution is 7.99. The molecule has 0 spiro atoms. The molecule has 23 heavy (non-hydrogen) atoms. The molecule has 4 nitrogen and oxygen atoms in total. The summed E-state index contributed by atoms with van der Waals surface area (Å²) in [6.45, 7) is 4.98. The van der Waals surface area contributed by atoms with Gasteiger partial charge in [0.1, 0.15) is 11.6 Å². The Bertz CT molecular complexity index is 801. The Kier molecular flexibility index (Phi) is 4.85. The van der Waals surface area contributed by atoms with Crippen molar-refractivity contribution in [1.29, 1.82) is 5.26 Å². The van der Waals surface area contributed by atoms with Crippen LogP contribution in [-0.4, -0.2) is 34.5 Å². The number of nitrogens with one attached hydrogen (secondary N) is 1. The first-order valence-electron chi connectivity index (χ1n) is 7.71. The highest BCUT2D eigenvalue weighted by Crippen LogP contribution is 2.24. The van der Waals surface area contributed by atoms with Crippen LogP contribution in [0.4, 0.5) is 0 Å². The van der Waals surface area contributed by atoms with Gasteiger partial charge >= 0.3 is 0 Å². The van der Waals surface area contributed by atoms with Gasteiger partial charge in [-0.15, -0.1) is 0 Å². The molecule has 1 saturated heterocycles. The molecule has 0 amide bonds. The Hall–Kier alpha value is -2.03. The lowest BCUT2D eigenvalue weighted by molar-refractivity contribution is 0.294. The predicted octanol–water partition coefficient (Wildman–Crippen LogP) is 2.77. The molecule has 1 aliphatic heterocycles. The minimum Gasteiger partial charge on any atom is -0.325 e. The Labute approximate surface area is 140 Å². The number of aromatic amines is 1. The first-order valence-corrected chi connectivity index (χ1v) is 8.86. The SMILES string of the molecule is Cc1cc(-c2cccc(CN3CCSCC3)c2)c(C#N)c(=O)[nH]1. The minimum atomic E-state index is -0.319. The summed E-state index contributed by atoms with van der Waals surface area (Å²) in [7, 11) is 0. The van der Waals surface area contributed by atoms with Crippen molar-refractivity contribution in [3.05, 3.63) is 57.5 Å². The van der Waals surface area contributed by atoms with Gasteiger partial charge in [-0.25, -0.2) is 0 Å². The zero-order chi connectivity index (χ0) is 16.2. The van der Waals surface area contributed by atoms with Gasteiger partial charge < -0.3 is 4.98 Å². The van der Waals surface area contributed by atoms with Crippen LogP contribution in [-0.2, 0) is 6.54 Å². The lowest BCUT2D eigenvalue weighted by Crippen LogP contribution is -2.31. The van der Waals surface area contributed by atoms with Gasteiger partial charge in [0.15, 0.2) is 0 Å². The van der Waals surface area contributed by atoms with Crippen LogP contribution in [0.25, 0.3) is 11.1 Å². The number of nitrogens with zero attached hydrogens (tertiary/aromatic N) is 2. The molecule has 1 aromatic heterocycles. The van der Waals surface area contributed by atoms with Gasteiger partial charge in [-0.3, -0.25) is 9.69 Å². The highest BCUT2D eigenvalue weighted by Gasteiger charge is 2.13. The number of rotatable bonds is 3. The summed E-state index contributed by atoms with van der Waals surface area (Å²) < 4.78 is 0. The van der Waals surface area contributed by atoms with E-state index in [1.54, 1.807) is 0 Å². The Balaban J connectivity index is 1.94. The van der Waals surface area contributed by atoms with Crippen molar-refractivity contribution < 1.29 is 0 Å². The van der Waals surface area contributed by atoms with Crippen molar-refractivity contribution >= 4 is 11.8 Å². The Morgan fingerprint density at radius 1 is 1.30 bits per heavy atom. The zero-order valence-electron chi connectivity index (χ0n) is 13.1. The number of H-pyrrole nitrogens is 1. The third-order valence-corrected chi connectivity index (χ3v) is 4.97. The summed E-state index contributed by atoms with van der Waals surface area (Å²) in [6.07, 6.45) is 0. The standard InChI is InChI=1S/C18H19N3OS/c1-13-9-16(17(11-19)18(22)20-13)15-4-2-3-14(10-15)12-21-5-7-23-8-6-21/h2-4,9-10H,5-8,12H2,1H3,(H,20,22). The van der Waals surface area contributed by atoms with Crippen LogP contribution in [0.15, 0.2) is 35.1 Å². The number of thioether (sulfide) groups is 1. The maximum absolute atomic E-state index is 12.0. The van der Waals surface area contributed by atoms with E-state index in [4.69, 9.17) is 0 Å². The van der Waals surface area contributed by atoms with Crippen LogP contribution < -0.4 is 5.56 Å². The molecule has 1 aromatic carbocycles. The van der Waals surface area contributed by atoms with E-state index in [0.29, 0.717) is 5.56 Å². The number of benzene rings is 1. The summed E-state index contributed by atoms with van der Waals surface area (Å²) in [5.74, 6) is 2.37. The van der Waals surface area contributed by atoms with E-state index in [1.807, 2.05) is 43.0 Å². The summed E-state index contributed by atoms with van der Waals surface area (Å²) in [5.41, 5.74) is 3.49. The summed E-state index contributed by atoms with van der Waals surface area (Å²) in [6, 6.07) is 12.1. The number of aromatic nitrogens is 1. The third kappa shape index (κ3) is 3.66. The predicted molar refractivity (Wildman–Crippen MR) is 94.6 cm³/mol. The lowest BCUT2D eigenvalue weighted by Gasteiger charge is -2.26. The van der Waals surface area contributed by atoms with Crippen LogP contribution >= 0.6 is 11.8 Å². The fourth-order valence-electron chi connectivity index (χ4n) is 2.88. The molecule has 0 aliphatic carbocycles. The second-order valence-electron chi connectivity index (χ2n) is 5.77. The second kappa shape index (κ2) is 7.03. The van der Waals surface area contributed by atoms with Crippen LogP contribution in [0.3, 0.4) is 0 Å². The molecule has 3 rings (SSSR count). The van der Waals surface area contributed by atoms with Gasteiger partial charge in [-0.2, -0.15) is 17.0 Å². The van der Waals surface area contributed by atoms with Crippen molar-refractivity contribution in [2.24, 2.45) is 0 Å². The number of hydrogen-bond acceptors (Lipinski definition) is 4. The van der Waals surface area contributed by atoms with Gasteiger partial charge in [-0.1, -0.05) is 18.2 Å². The largest absolute Gasteiger partial charge is 0.325 e. The number of hydrogen-bond donors (Lipinski definition) is 1. The van der Waals surface area contributed by atoms with Crippen molar-refractivity contribution in [2.75, 3.05) is 24.6 Å². The van der Waals surface area contributed by atoms with Gasteiger partial charge in [-0.05, 0) is 30.2 Å². The van der Waals surface area contributed by atoms with Gasteiger partial charge in [0.25, 0.3) is 5.56 Å². The van der Waals surface area contributed by atoms with E-state index in [2.05, 4.69) is 22.0 Å². The molecule has 1 aliphatic rings. The van der Waals surface area contributed by atoms with E-state index < -0.39 is 0 Å². The molecule has 1 N–H and O–H groups in total. The van der Waals surface area contributed by atoms with Gasteiger partial charge in [0, 0.05) is 42.4 Å². The van der Waals surface area contributed by atoms with E-state index in [1.165, 1.54) is 17.1 Å². The van der Waals surface area contributed by atoms with Crippen molar-refractivity contribution in [3.63, 3.8) is 0 Å². The van der Waals surface area contributed by atoms with Crippen molar-refractivity contribution in [3.8, 4) is 17.2 Å². The van der Waals surface area contributed by atoms with Crippen molar-refractivity contribution in [2.45, 2.75) is 13.5 Å². The Morgan fingerprint density at radius 3 is 2.83 bits per heavy atom. The average Bonchev–Trinajstić information content (AvgIpc) is 2.55. The van der Waals surface area contributed by atoms with Crippen LogP contribution in [0.2, 0.25) is 0 Å². The third-order valence-electron chi connectivity index (χ3n) is 4.03.